The number of nitrogens with zero attached hydrogens (tertiary/aromatic N) is 4. The van der Waals surface area contributed by atoms with E-state index in [1.165, 1.54) is 25.0 Å². The molecule has 1 aliphatic rings. The van der Waals surface area contributed by atoms with Crippen molar-refractivity contribution in [3.05, 3.63) is 12.2 Å². The first kappa shape index (κ1) is 16.1. The van der Waals surface area contributed by atoms with Gasteiger partial charge in [0.2, 0.25) is 0 Å². The second-order valence-electron chi connectivity index (χ2n) is 5.23. The van der Waals surface area contributed by atoms with Gasteiger partial charge in [-0.1, -0.05) is 6.92 Å². The van der Waals surface area contributed by atoms with Crippen LogP contribution in [0, 0.1) is 0 Å². The van der Waals surface area contributed by atoms with Crippen LogP contribution in [-0.4, -0.2) is 44.3 Å². The van der Waals surface area contributed by atoms with E-state index in [4.69, 9.17) is 0 Å². The number of thioether (sulfide) groups is 1. The fourth-order valence-electron chi connectivity index (χ4n) is 2.58. The molecule has 1 aromatic rings. The lowest BCUT2D eigenvalue weighted by Crippen LogP contribution is -2.42. The van der Waals surface area contributed by atoms with Crippen molar-refractivity contribution in [3.63, 3.8) is 0 Å². The second-order valence-corrected chi connectivity index (χ2v) is 6.80. The molecule has 2 atom stereocenters. The van der Waals surface area contributed by atoms with Crippen LogP contribution in [0.1, 0.15) is 38.9 Å². The van der Waals surface area contributed by atoms with E-state index in [1.54, 1.807) is 11.0 Å². The first-order chi connectivity index (χ1) is 10.2. The van der Waals surface area contributed by atoms with Crippen molar-refractivity contribution in [2.45, 2.75) is 50.9 Å². The van der Waals surface area contributed by atoms with Gasteiger partial charge in [0.1, 0.15) is 18.7 Å². The van der Waals surface area contributed by atoms with Crippen molar-refractivity contribution < 1.29 is 0 Å². The molecule has 0 saturated heterocycles. The van der Waals surface area contributed by atoms with E-state index >= 15 is 0 Å². The molecule has 1 aromatic heterocycles. The SMILES string of the molecule is CCNC(=NCc1ncnn1C)NC1CCC(SCC)C1. The molecule has 1 fully saturated rings. The molecule has 0 spiro atoms. The average molecular weight is 310 g/mol. The smallest absolute Gasteiger partial charge is 0.191 e. The fourth-order valence-corrected chi connectivity index (χ4v) is 3.73. The van der Waals surface area contributed by atoms with Crippen molar-refractivity contribution in [1.29, 1.82) is 0 Å². The third-order valence-corrected chi connectivity index (χ3v) is 4.89. The molecule has 1 heterocycles. The van der Waals surface area contributed by atoms with Crippen molar-refractivity contribution >= 4 is 17.7 Å². The summed E-state index contributed by atoms with van der Waals surface area (Å²) in [7, 11) is 1.89. The maximum atomic E-state index is 4.62. The van der Waals surface area contributed by atoms with E-state index in [1.807, 2.05) is 7.05 Å². The molecule has 0 radical (unpaired) electrons. The van der Waals surface area contributed by atoms with E-state index in [0.717, 1.165) is 23.6 Å². The standard InChI is InChI=1S/C14H26N6S/c1-4-15-14(16-9-13-17-10-18-20(13)3)19-11-6-7-12(8-11)21-5-2/h10-12H,4-9H2,1-3H3,(H2,15,16,19). The molecule has 2 N–H and O–H groups in total. The van der Waals surface area contributed by atoms with Crippen LogP contribution in [0.15, 0.2) is 11.3 Å². The lowest BCUT2D eigenvalue weighted by atomic mass is 10.2. The summed E-state index contributed by atoms with van der Waals surface area (Å²) >= 11 is 2.07. The summed E-state index contributed by atoms with van der Waals surface area (Å²) in [5.41, 5.74) is 0. The van der Waals surface area contributed by atoms with Crippen molar-refractivity contribution in [1.82, 2.24) is 25.4 Å². The number of aryl methyl sites for hydroxylation is 1. The van der Waals surface area contributed by atoms with Crippen LogP contribution >= 0.6 is 11.8 Å². The Hall–Kier alpha value is -1.24. The minimum Gasteiger partial charge on any atom is -0.357 e. The summed E-state index contributed by atoms with van der Waals surface area (Å²) in [6, 6.07) is 0.534. The van der Waals surface area contributed by atoms with Crippen LogP contribution in [0.25, 0.3) is 0 Å². The number of aromatic nitrogens is 3. The van der Waals surface area contributed by atoms with Crippen LogP contribution in [0.3, 0.4) is 0 Å². The lowest BCUT2D eigenvalue weighted by Gasteiger charge is -2.17. The monoisotopic (exact) mass is 310 g/mol. The average Bonchev–Trinajstić information content (AvgIpc) is 3.06. The zero-order valence-electron chi connectivity index (χ0n) is 13.2. The summed E-state index contributed by atoms with van der Waals surface area (Å²) in [6.07, 6.45) is 5.33. The van der Waals surface area contributed by atoms with E-state index in [-0.39, 0.29) is 0 Å². The molecule has 2 rings (SSSR count). The van der Waals surface area contributed by atoms with Gasteiger partial charge in [-0.3, -0.25) is 4.68 Å². The van der Waals surface area contributed by atoms with Gasteiger partial charge in [0.05, 0.1) is 0 Å². The highest BCUT2D eigenvalue weighted by molar-refractivity contribution is 7.99. The number of hydrogen-bond donors (Lipinski definition) is 2. The van der Waals surface area contributed by atoms with Crippen molar-refractivity contribution in [2.24, 2.45) is 12.0 Å². The van der Waals surface area contributed by atoms with Crippen molar-refractivity contribution in [2.75, 3.05) is 12.3 Å². The Labute approximate surface area is 131 Å². The number of guanidine groups is 1. The molecule has 21 heavy (non-hydrogen) atoms. The van der Waals surface area contributed by atoms with Gasteiger partial charge in [-0.25, -0.2) is 9.98 Å². The predicted molar refractivity (Wildman–Crippen MR) is 88.5 cm³/mol. The van der Waals surface area contributed by atoms with Crippen LogP contribution < -0.4 is 10.6 Å². The van der Waals surface area contributed by atoms with Gasteiger partial charge < -0.3 is 10.6 Å². The third-order valence-electron chi connectivity index (χ3n) is 3.66. The molecule has 1 saturated carbocycles. The van der Waals surface area contributed by atoms with Crippen LogP contribution in [0.2, 0.25) is 0 Å². The Morgan fingerprint density at radius 3 is 3.00 bits per heavy atom. The second kappa shape index (κ2) is 8.26. The van der Waals surface area contributed by atoms with Gasteiger partial charge in [0.25, 0.3) is 0 Å². The largest absolute Gasteiger partial charge is 0.357 e. The quantitative estimate of drug-likeness (QED) is 0.616. The van der Waals surface area contributed by atoms with E-state index in [2.05, 4.69) is 51.3 Å². The first-order valence-corrected chi connectivity index (χ1v) is 8.77. The van der Waals surface area contributed by atoms with Gasteiger partial charge in [0.15, 0.2) is 5.96 Å². The van der Waals surface area contributed by atoms with E-state index in [0.29, 0.717) is 12.6 Å². The Morgan fingerprint density at radius 1 is 1.48 bits per heavy atom. The Balaban J connectivity index is 1.88. The molecule has 0 aliphatic heterocycles. The lowest BCUT2D eigenvalue weighted by molar-refractivity contribution is 0.612. The summed E-state index contributed by atoms with van der Waals surface area (Å²) < 4.78 is 1.76. The van der Waals surface area contributed by atoms with Crippen LogP contribution in [-0.2, 0) is 13.6 Å². The Bertz CT molecular complexity index is 458. The van der Waals surface area contributed by atoms with Gasteiger partial charge in [0, 0.05) is 24.9 Å². The molecule has 6 nitrogen and oxygen atoms in total. The molecule has 7 heteroatoms. The van der Waals surface area contributed by atoms with Gasteiger partial charge in [-0.05, 0) is 31.9 Å². The summed E-state index contributed by atoms with van der Waals surface area (Å²) in [6.45, 7) is 5.73. The van der Waals surface area contributed by atoms with Gasteiger partial charge in [-0.15, -0.1) is 0 Å². The Kier molecular flexibility index (Phi) is 6.35. The highest BCUT2D eigenvalue weighted by Gasteiger charge is 2.25. The van der Waals surface area contributed by atoms with Crippen molar-refractivity contribution in [3.8, 4) is 0 Å². The molecular weight excluding hydrogens is 284 g/mol. The van der Waals surface area contributed by atoms with Gasteiger partial charge >= 0.3 is 0 Å². The molecule has 0 amide bonds. The minimum absolute atomic E-state index is 0.534. The highest BCUT2D eigenvalue weighted by atomic mass is 32.2. The van der Waals surface area contributed by atoms with Gasteiger partial charge in [-0.2, -0.15) is 16.9 Å². The molecule has 0 aromatic carbocycles. The molecule has 0 bridgehead atoms. The zero-order chi connectivity index (χ0) is 15.1. The number of rotatable bonds is 6. The maximum absolute atomic E-state index is 4.62. The molecule has 1 aliphatic carbocycles. The summed E-state index contributed by atoms with van der Waals surface area (Å²) in [5.74, 6) is 2.96. The van der Waals surface area contributed by atoms with Crippen LogP contribution in [0.4, 0.5) is 0 Å². The van der Waals surface area contributed by atoms with E-state index in [9.17, 15) is 0 Å². The molecular formula is C14H26N6S. The van der Waals surface area contributed by atoms with E-state index < -0.39 is 0 Å². The normalized spacial score (nSPS) is 22.5. The molecule has 2 unspecified atom stereocenters. The highest BCUT2D eigenvalue weighted by Crippen LogP contribution is 2.29. The topological polar surface area (TPSA) is 67.1 Å². The fraction of sp³-hybridized carbons (Fsp3) is 0.786. The van der Waals surface area contributed by atoms with Crippen LogP contribution in [0.5, 0.6) is 0 Å². The summed E-state index contributed by atoms with van der Waals surface area (Å²) in [4.78, 5) is 8.82. The Morgan fingerprint density at radius 2 is 2.33 bits per heavy atom. The zero-order valence-corrected chi connectivity index (χ0v) is 14.0. The molecule has 118 valence electrons. The number of nitrogens with one attached hydrogen (secondary N) is 2. The number of hydrogen-bond acceptors (Lipinski definition) is 4. The number of aliphatic imine (C=N–C) groups is 1. The summed E-state index contributed by atoms with van der Waals surface area (Å²) in [5, 5.41) is 11.7. The predicted octanol–water partition coefficient (Wildman–Crippen LogP) is 1.54. The third kappa shape index (κ3) is 4.91. The maximum Gasteiger partial charge on any atom is 0.191 e. The first-order valence-electron chi connectivity index (χ1n) is 7.72. The minimum atomic E-state index is 0.534.